The van der Waals surface area contributed by atoms with Crippen molar-refractivity contribution in [2.24, 2.45) is 11.3 Å². The highest BCUT2D eigenvalue weighted by atomic mass is 19.4. The van der Waals surface area contributed by atoms with Crippen LogP contribution in [-0.4, -0.2) is 28.4 Å². The third-order valence-corrected chi connectivity index (χ3v) is 7.58. The van der Waals surface area contributed by atoms with Gasteiger partial charge in [0.25, 0.3) is 5.91 Å². The predicted molar refractivity (Wildman–Crippen MR) is 158 cm³/mol. The Balaban J connectivity index is 1.37. The van der Waals surface area contributed by atoms with E-state index in [9.17, 15) is 31.1 Å². The van der Waals surface area contributed by atoms with Crippen LogP contribution in [0.2, 0.25) is 0 Å². The summed E-state index contributed by atoms with van der Waals surface area (Å²) >= 11 is 0. The van der Waals surface area contributed by atoms with Gasteiger partial charge in [0.2, 0.25) is 5.95 Å². The number of nitrogens with zero attached hydrogens (tertiary/aromatic N) is 2. The molecular formula is C32H32F6N4O3. The first-order chi connectivity index (χ1) is 21.0. The SMILES string of the molecule is C[C@H]1C[C@H](n2c(Nc3ccc(OC(F)(F)F)cc3)nc3cc(OCC(=O)Nc4cccc(C(F)(F)F)c4)ccc32)CC(C)(C)C1. The zero-order valence-electron chi connectivity index (χ0n) is 24.7. The van der Waals surface area contributed by atoms with Crippen molar-refractivity contribution in [3.8, 4) is 11.5 Å². The molecule has 3 aromatic carbocycles. The lowest BCUT2D eigenvalue weighted by Gasteiger charge is -2.40. The van der Waals surface area contributed by atoms with Gasteiger partial charge in [0, 0.05) is 23.5 Å². The van der Waals surface area contributed by atoms with Crippen LogP contribution in [0.3, 0.4) is 0 Å². The molecular weight excluding hydrogens is 602 g/mol. The summed E-state index contributed by atoms with van der Waals surface area (Å²) in [6, 6.07) is 14.9. The number of hydrogen-bond acceptors (Lipinski definition) is 5. The van der Waals surface area contributed by atoms with Crippen LogP contribution in [0.5, 0.6) is 11.5 Å². The number of imidazole rings is 1. The maximum atomic E-state index is 13.0. The van der Waals surface area contributed by atoms with E-state index in [-0.39, 0.29) is 22.9 Å². The zero-order chi connectivity index (χ0) is 32.6. The molecule has 1 aliphatic carbocycles. The monoisotopic (exact) mass is 634 g/mol. The summed E-state index contributed by atoms with van der Waals surface area (Å²) in [7, 11) is 0. The number of halogens is 6. The quantitative estimate of drug-likeness (QED) is 0.189. The molecule has 1 aromatic heterocycles. The highest BCUT2D eigenvalue weighted by Gasteiger charge is 2.35. The summed E-state index contributed by atoms with van der Waals surface area (Å²) in [4.78, 5) is 17.2. The van der Waals surface area contributed by atoms with Crippen LogP contribution in [0, 0.1) is 11.3 Å². The molecule has 1 saturated carbocycles. The van der Waals surface area contributed by atoms with Gasteiger partial charge in [0.05, 0.1) is 16.6 Å². The third-order valence-electron chi connectivity index (χ3n) is 7.58. The van der Waals surface area contributed by atoms with Gasteiger partial charge in [-0.15, -0.1) is 13.2 Å². The number of benzene rings is 3. The average molecular weight is 635 g/mol. The molecule has 45 heavy (non-hydrogen) atoms. The van der Waals surface area contributed by atoms with E-state index in [2.05, 4.69) is 40.7 Å². The van der Waals surface area contributed by atoms with Crippen molar-refractivity contribution < 1.29 is 40.6 Å². The van der Waals surface area contributed by atoms with Gasteiger partial charge in [-0.2, -0.15) is 13.2 Å². The number of aromatic nitrogens is 2. The van der Waals surface area contributed by atoms with Crippen molar-refractivity contribution in [3.63, 3.8) is 0 Å². The molecule has 0 saturated heterocycles. The second-order valence-electron chi connectivity index (χ2n) is 12.1. The number of anilines is 3. The van der Waals surface area contributed by atoms with Gasteiger partial charge in [-0.05, 0) is 85.2 Å². The first-order valence-corrected chi connectivity index (χ1v) is 14.3. The Hall–Kier alpha value is -4.42. The summed E-state index contributed by atoms with van der Waals surface area (Å²) in [5.74, 6) is 0.274. The molecule has 7 nitrogen and oxygen atoms in total. The van der Waals surface area contributed by atoms with E-state index in [1.165, 1.54) is 36.4 Å². The molecule has 4 aromatic rings. The van der Waals surface area contributed by atoms with Crippen LogP contribution in [-0.2, 0) is 11.0 Å². The number of hydrogen-bond donors (Lipinski definition) is 2. The van der Waals surface area contributed by atoms with Crippen molar-refractivity contribution in [1.29, 1.82) is 0 Å². The minimum Gasteiger partial charge on any atom is -0.484 e. The smallest absolute Gasteiger partial charge is 0.484 e. The topological polar surface area (TPSA) is 77.4 Å². The molecule has 1 amide bonds. The molecule has 2 atom stereocenters. The Morgan fingerprint density at radius 3 is 2.33 bits per heavy atom. The van der Waals surface area contributed by atoms with E-state index < -0.39 is 30.6 Å². The molecule has 1 aliphatic rings. The highest BCUT2D eigenvalue weighted by molar-refractivity contribution is 5.92. The summed E-state index contributed by atoms with van der Waals surface area (Å²) in [5.41, 5.74) is 1.04. The van der Waals surface area contributed by atoms with Crippen LogP contribution >= 0.6 is 0 Å². The molecule has 1 fully saturated rings. The van der Waals surface area contributed by atoms with Crippen LogP contribution in [0.15, 0.2) is 66.7 Å². The molecule has 1 heterocycles. The lowest BCUT2D eigenvalue weighted by Crippen LogP contribution is -2.29. The lowest BCUT2D eigenvalue weighted by atomic mass is 9.70. The van der Waals surface area contributed by atoms with Gasteiger partial charge >= 0.3 is 12.5 Å². The summed E-state index contributed by atoms with van der Waals surface area (Å²) in [6.07, 6.45) is -6.49. The van der Waals surface area contributed by atoms with E-state index in [0.29, 0.717) is 28.8 Å². The number of rotatable bonds is 8. The summed E-state index contributed by atoms with van der Waals surface area (Å²) < 4.78 is 88.6. The molecule has 5 rings (SSSR count). The van der Waals surface area contributed by atoms with Gasteiger partial charge in [-0.25, -0.2) is 4.98 Å². The van der Waals surface area contributed by atoms with Crippen LogP contribution in [0.25, 0.3) is 11.0 Å². The number of nitrogens with one attached hydrogen (secondary N) is 2. The third kappa shape index (κ3) is 8.20. The lowest BCUT2D eigenvalue weighted by molar-refractivity contribution is -0.274. The minimum atomic E-state index is -4.80. The number of amides is 1. The second-order valence-corrected chi connectivity index (χ2v) is 12.1. The number of carbonyl (C=O) groups excluding carboxylic acids is 1. The highest BCUT2D eigenvalue weighted by Crippen LogP contribution is 2.46. The first kappa shape index (κ1) is 32.0. The van der Waals surface area contributed by atoms with E-state index in [1.54, 1.807) is 12.1 Å². The Kier molecular flexibility index (Phi) is 8.65. The van der Waals surface area contributed by atoms with Gasteiger partial charge in [0.15, 0.2) is 6.61 Å². The normalized spacial score (nSPS) is 18.4. The van der Waals surface area contributed by atoms with E-state index in [4.69, 9.17) is 9.72 Å². The summed E-state index contributed by atoms with van der Waals surface area (Å²) in [5, 5.41) is 5.64. The molecule has 240 valence electrons. The minimum absolute atomic E-state index is 0.00836. The van der Waals surface area contributed by atoms with Gasteiger partial charge < -0.3 is 24.7 Å². The number of ether oxygens (including phenoxy) is 2. The number of alkyl halides is 6. The number of carbonyl (C=O) groups is 1. The molecule has 0 bridgehead atoms. The van der Waals surface area contributed by atoms with E-state index in [1.807, 2.05) is 6.07 Å². The second kappa shape index (κ2) is 12.2. The maximum absolute atomic E-state index is 13.0. The number of fused-ring (bicyclic) bond motifs is 1. The molecule has 0 spiro atoms. The van der Waals surface area contributed by atoms with Crippen molar-refractivity contribution in [2.75, 3.05) is 17.2 Å². The standard InChI is InChI=1S/C32H32F6N4O3/c1-19-13-23(17-30(2,3)16-19)42-27-12-11-25(44-18-28(43)39-22-6-4-5-20(14-22)31(33,34)35)15-26(27)41-29(42)40-21-7-9-24(10-8-21)45-32(36,37)38/h4-12,14-15,19,23H,13,16-18H2,1-3H3,(H,39,43)(H,40,41)/t19-,23-/m0/s1. The van der Waals surface area contributed by atoms with E-state index in [0.717, 1.165) is 36.9 Å². The maximum Gasteiger partial charge on any atom is 0.573 e. The van der Waals surface area contributed by atoms with Gasteiger partial charge in [-0.3, -0.25) is 4.79 Å². The largest absolute Gasteiger partial charge is 0.573 e. The van der Waals surface area contributed by atoms with Crippen molar-refractivity contribution >= 4 is 34.3 Å². The van der Waals surface area contributed by atoms with Crippen LogP contribution in [0.4, 0.5) is 43.7 Å². The fourth-order valence-corrected chi connectivity index (χ4v) is 6.11. The fourth-order valence-electron chi connectivity index (χ4n) is 6.11. The molecule has 0 unspecified atom stereocenters. The van der Waals surface area contributed by atoms with Gasteiger partial charge in [-0.1, -0.05) is 26.8 Å². The molecule has 0 aliphatic heterocycles. The Morgan fingerprint density at radius 2 is 1.67 bits per heavy atom. The Bertz CT molecular complexity index is 1660. The van der Waals surface area contributed by atoms with Gasteiger partial charge in [0.1, 0.15) is 11.5 Å². The summed E-state index contributed by atoms with van der Waals surface area (Å²) in [6.45, 7) is 6.19. The molecule has 0 radical (unpaired) electrons. The first-order valence-electron chi connectivity index (χ1n) is 14.3. The Morgan fingerprint density at radius 1 is 0.956 bits per heavy atom. The Labute approximate surface area is 255 Å². The van der Waals surface area contributed by atoms with Crippen LogP contribution < -0.4 is 20.1 Å². The van der Waals surface area contributed by atoms with E-state index >= 15 is 0 Å². The van der Waals surface area contributed by atoms with Crippen LogP contribution in [0.1, 0.15) is 51.6 Å². The van der Waals surface area contributed by atoms with Crippen molar-refractivity contribution in [3.05, 3.63) is 72.3 Å². The van der Waals surface area contributed by atoms with Crippen molar-refractivity contribution in [1.82, 2.24) is 9.55 Å². The van der Waals surface area contributed by atoms with Crippen molar-refractivity contribution in [2.45, 2.75) is 58.6 Å². The predicted octanol–water partition coefficient (Wildman–Crippen LogP) is 9.10. The average Bonchev–Trinajstić information content (AvgIpc) is 3.28. The fraction of sp³-hybridized carbons (Fsp3) is 0.375. The molecule has 2 N–H and O–H groups in total. The zero-order valence-corrected chi connectivity index (χ0v) is 24.7. The molecule has 13 heteroatoms.